The van der Waals surface area contributed by atoms with Gasteiger partial charge in [-0.05, 0) is 31.2 Å². The molecule has 0 unspecified atom stereocenters. The number of ether oxygens (including phenoxy) is 1. The first-order chi connectivity index (χ1) is 9.05. The molecular formula is C15H22BrNOS. The Balaban J connectivity index is 1.74. The van der Waals surface area contributed by atoms with E-state index in [4.69, 9.17) is 4.74 Å². The Hall–Kier alpha value is -0.190. The largest absolute Gasteiger partial charge is 0.492 e. The molecule has 106 valence electrons. The summed E-state index contributed by atoms with van der Waals surface area (Å²) in [6.07, 6.45) is 1.26. The van der Waals surface area contributed by atoms with Crippen LogP contribution < -0.4 is 4.74 Å². The van der Waals surface area contributed by atoms with E-state index in [2.05, 4.69) is 46.4 Å². The molecule has 4 heteroatoms. The maximum atomic E-state index is 5.80. The smallest absolute Gasteiger partial charge is 0.120 e. The molecule has 0 saturated carbocycles. The van der Waals surface area contributed by atoms with Crippen LogP contribution in [-0.4, -0.2) is 41.6 Å². The summed E-state index contributed by atoms with van der Waals surface area (Å²) < 4.78 is 7.30. The van der Waals surface area contributed by atoms with Crippen LogP contribution in [0.1, 0.15) is 20.3 Å². The van der Waals surface area contributed by atoms with Gasteiger partial charge in [-0.25, -0.2) is 0 Å². The van der Waals surface area contributed by atoms with Crippen molar-refractivity contribution in [2.75, 3.05) is 32.0 Å². The van der Waals surface area contributed by atoms with Crippen molar-refractivity contribution in [3.05, 3.63) is 28.7 Å². The minimum atomic E-state index is 0.430. The average molecular weight is 344 g/mol. The number of hydrogen-bond donors (Lipinski definition) is 0. The minimum Gasteiger partial charge on any atom is -0.492 e. The molecule has 1 fully saturated rings. The highest BCUT2D eigenvalue weighted by Crippen LogP contribution is 2.30. The summed E-state index contributed by atoms with van der Waals surface area (Å²) in [6.45, 7) is 8.83. The van der Waals surface area contributed by atoms with E-state index in [9.17, 15) is 0 Å². The lowest BCUT2D eigenvalue weighted by Crippen LogP contribution is -2.31. The number of halogens is 1. The minimum absolute atomic E-state index is 0.430. The molecule has 0 atom stereocenters. The SMILES string of the molecule is CC1(C)CCN(CCOc2cccc(Br)c2)CCS1. The van der Waals surface area contributed by atoms with Crippen LogP contribution >= 0.6 is 27.7 Å². The first-order valence-corrected chi connectivity index (χ1v) is 8.58. The first kappa shape index (κ1) is 15.2. The second kappa shape index (κ2) is 7.00. The molecule has 1 saturated heterocycles. The molecule has 0 radical (unpaired) electrons. The van der Waals surface area contributed by atoms with Gasteiger partial charge in [0.1, 0.15) is 12.4 Å². The third-order valence-corrected chi connectivity index (χ3v) is 5.27. The van der Waals surface area contributed by atoms with Crippen molar-refractivity contribution in [2.24, 2.45) is 0 Å². The van der Waals surface area contributed by atoms with Crippen molar-refractivity contribution in [2.45, 2.75) is 25.0 Å². The molecule has 1 aliphatic heterocycles. The van der Waals surface area contributed by atoms with Gasteiger partial charge in [0.2, 0.25) is 0 Å². The summed E-state index contributed by atoms with van der Waals surface area (Å²) in [5.74, 6) is 2.17. The van der Waals surface area contributed by atoms with Gasteiger partial charge in [-0.15, -0.1) is 0 Å². The highest BCUT2D eigenvalue weighted by atomic mass is 79.9. The number of benzene rings is 1. The Morgan fingerprint density at radius 3 is 3.00 bits per heavy atom. The van der Waals surface area contributed by atoms with Crippen LogP contribution in [0.3, 0.4) is 0 Å². The molecule has 1 aromatic rings. The van der Waals surface area contributed by atoms with Crippen molar-refractivity contribution in [1.29, 1.82) is 0 Å². The second-order valence-corrected chi connectivity index (χ2v) is 8.22. The Labute approximate surface area is 129 Å². The van der Waals surface area contributed by atoms with E-state index in [0.717, 1.165) is 23.4 Å². The highest BCUT2D eigenvalue weighted by molar-refractivity contribution is 9.10. The van der Waals surface area contributed by atoms with Crippen LogP contribution in [0.4, 0.5) is 0 Å². The zero-order valence-electron chi connectivity index (χ0n) is 11.7. The van der Waals surface area contributed by atoms with E-state index in [-0.39, 0.29) is 0 Å². The van der Waals surface area contributed by atoms with Crippen molar-refractivity contribution < 1.29 is 4.74 Å². The van der Waals surface area contributed by atoms with Crippen molar-refractivity contribution in [3.8, 4) is 5.75 Å². The van der Waals surface area contributed by atoms with Crippen LogP contribution in [0, 0.1) is 0 Å². The first-order valence-electron chi connectivity index (χ1n) is 6.80. The van der Waals surface area contributed by atoms with E-state index in [1.54, 1.807) is 0 Å². The topological polar surface area (TPSA) is 12.5 Å². The van der Waals surface area contributed by atoms with Gasteiger partial charge in [0.25, 0.3) is 0 Å². The Kier molecular flexibility index (Phi) is 5.60. The number of rotatable bonds is 4. The quantitative estimate of drug-likeness (QED) is 0.818. The molecule has 0 amide bonds. The fourth-order valence-electron chi connectivity index (χ4n) is 2.14. The van der Waals surface area contributed by atoms with Gasteiger partial charge in [0, 0.05) is 28.1 Å². The highest BCUT2D eigenvalue weighted by Gasteiger charge is 2.23. The van der Waals surface area contributed by atoms with Gasteiger partial charge < -0.3 is 4.74 Å². The zero-order valence-corrected chi connectivity index (χ0v) is 14.1. The third-order valence-electron chi connectivity index (χ3n) is 3.40. The maximum absolute atomic E-state index is 5.80. The molecule has 1 aromatic carbocycles. The molecule has 0 bridgehead atoms. The lowest BCUT2D eigenvalue weighted by Gasteiger charge is -2.22. The normalized spacial score (nSPS) is 19.9. The molecule has 2 nitrogen and oxygen atoms in total. The maximum Gasteiger partial charge on any atom is 0.120 e. The summed E-state index contributed by atoms with van der Waals surface area (Å²) >= 11 is 5.55. The van der Waals surface area contributed by atoms with Gasteiger partial charge in [-0.3, -0.25) is 4.90 Å². The molecule has 1 aliphatic rings. The van der Waals surface area contributed by atoms with Crippen molar-refractivity contribution in [1.82, 2.24) is 4.90 Å². The second-order valence-electron chi connectivity index (χ2n) is 5.51. The monoisotopic (exact) mass is 343 g/mol. The standard InChI is InChI=1S/C15H22BrNOS/c1-15(2)6-7-17(9-11-19-15)8-10-18-14-5-3-4-13(16)12-14/h3-5,12H,6-11H2,1-2H3. The lowest BCUT2D eigenvalue weighted by atomic mass is 10.1. The molecule has 1 heterocycles. The zero-order chi connectivity index (χ0) is 13.7. The number of nitrogens with zero attached hydrogens (tertiary/aromatic N) is 1. The fraction of sp³-hybridized carbons (Fsp3) is 0.600. The lowest BCUT2D eigenvalue weighted by molar-refractivity contribution is 0.214. The van der Waals surface area contributed by atoms with Gasteiger partial charge in [-0.2, -0.15) is 11.8 Å². The van der Waals surface area contributed by atoms with Gasteiger partial charge >= 0.3 is 0 Å². The van der Waals surface area contributed by atoms with Crippen LogP contribution in [0.5, 0.6) is 5.75 Å². The molecule has 19 heavy (non-hydrogen) atoms. The van der Waals surface area contributed by atoms with Crippen LogP contribution in [0.15, 0.2) is 28.7 Å². The predicted molar refractivity (Wildman–Crippen MR) is 87.2 cm³/mol. The molecule has 2 rings (SSSR count). The van der Waals surface area contributed by atoms with Crippen molar-refractivity contribution >= 4 is 27.7 Å². The summed E-state index contributed by atoms with van der Waals surface area (Å²) in [5, 5.41) is 0. The molecule has 0 aliphatic carbocycles. The summed E-state index contributed by atoms with van der Waals surface area (Å²) in [5.41, 5.74) is 0. The van der Waals surface area contributed by atoms with Crippen molar-refractivity contribution in [3.63, 3.8) is 0 Å². The summed E-state index contributed by atoms with van der Waals surface area (Å²) in [6, 6.07) is 8.04. The van der Waals surface area contributed by atoms with E-state index >= 15 is 0 Å². The summed E-state index contributed by atoms with van der Waals surface area (Å²) in [4.78, 5) is 2.51. The molecular weight excluding hydrogens is 322 g/mol. The van der Waals surface area contributed by atoms with E-state index < -0.39 is 0 Å². The van der Waals surface area contributed by atoms with E-state index in [1.807, 2.05) is 24.3 Å². The van der Waals surface area contributed by atoms with E-state index in [1.165, 1.54) is 25.3 Å². The Bertz CT molecular complexity index is 411. The third kappa shape index (κ3) is 5.36. The van der Waals surface area contributed by atoms with E-state index in [0.29, 0.717) is 4.75 Å². The van der Waals surface area contributed by atoms with Gasteiger partial charge in [0.05, 0.1) is 0 Å². The van der Waals surface area contributed by atoms with Crippen LogP contribution in [0.2, 0.25) is 0 Å². The number of thioether (sulfide) groups is 1. The average Bonchev–Trinajstić information content (AvgIpc) is 2.51. The molecule has 0 N–H and O–H groups in total. The number of hydrogen-bond acceptors (Lipinski definition) is 3. The Morgan fingerprint density at radius 1 is 1.37 bits per heavy atom. The predicted octanol–water partition coefficient (Wildman–Crippen LogP) is 4.05. The van der Waals surface area contributed by atoms with Gasteiger partial charge in [-0.1, -0.05) is 35.8 Å². The fourth-order valence-corrected chi connectivity index (χ4v) is 3.65. The summed E-state index contributed by atoms with van der Waals surface area (Å²) in [7, 11) is 0. The van der Waals surface area contributed by atoms with Gasteiger partial charge in [0.15, 0.2) is 0 Å². The molecule has 0 aromatic heterocycles. The Morgan fingerprint density at radius 2 is 2.21 bits per heavy atom. The van der Waals surface area contributed by atoms with Crippen LogP contribution in [-0.2, 0) is 0 Å². The molecule has 0 spiro atoms. The van der Waals surface area contributed by atoms with Crippen LogP contribution in [0.25, 0.3) is 0 Å².